The number of nitrogens with zero attached hydrogens (tertiary/aromatic N) is 6. The fraction of sp³-hybridized carbons (Fsp3) is 0.364. The summed E-state index contributed by atoms with van der Waals surface area (Å²) in [7, 11) is -4.15. The maximum Gasteiger partial charge on any atom is 0.279 e. The van der Waals surface area contributed by atoms with Crippen LogP contribution in [-0.2, 0) is 14.8 Å². The summed E-state index contributed by atoms with van der Waals surface area (Å²) in [5.41, 5.74) is 1.50. The van der Waals surface area contributed by atoms with Gasteiger partial charge in [-0.1, -0.05) is 22.0 Å². The fourth-order valence-corrected chi connectivity index (χ4v) is 5.64. The number of morpholine rings is 1. The van der Waals surface area contributed by atoms with Crippen LogP contribution in [0.5, 0.6) is 0 Å². The van der Waals surface area contributed by atoms with Crippen LogP contribution in [0.4, 0.5) is 5.69 Å². The van der Waals surface area contributed by atoms with Crippen molar-refractivity contribution < 1.29 is 18.1 Å². The summed E-state index contributed by atoms with van der Waals surface area (Å²) in [5, 5.41) is 19.9. The maximum atomic E-state index is 13.6. The summed E-state index contributed by atoms with van der Waals surface area (Å²) in [6.07, 6.45) is 5.36. The largest absolute Gasteiger partial charge is 0.379 e. The van der Waals surface area contributed by atoms with Gasteiger partial charge in [0.25, 0.3) is 15.7 Å². The third-order valence-electron chi connectivity index (χ3n) is 5.70. The van der Waals surface area contributed by atoms with E-state index in [4.69, 9.17) is 4.74 Å². The van der Waals surface area contributed by atoms with E-state index in [0.717, 1.165) is 33.6 Å². The summed E-state index contributed by atoms with van der Waals surface area (Å²) < 4.78 is 36.1. The molecule has 0 saturated carbocycles. The predicted molar refractivity (Wildman–Crippen MR) is 141 cm³/mol. The van der Waals surface area contributed by atoms with Crippen molar-refractivity contribution in [2.45, 2.75) is 18.2 Å². The first kappa shape index (κ1) is 28.0. The van der Waals surface area contributed by atoms with Gasteiger partial charge >= 0.3 is 0 Å². The van der Waals surface area contributed by atoms with Crippen LogP contribution in [0.15, 0.2) is 57.2 Å². The quantitative estimate of drug-likeness (QED) is 0.209. The van der Waals surface area contributed by atoms with E-state index in [2.05, 4.69) is 31.0 Å². The van der Waals surface area contributed by atoms with Gasteiger partial charge in [-0.15, -0.1) is 12.4 Å². The first-order chi connectivity index (χ1) is 16.8. The number of ether oxygens (including phenoxy) is 1. The van der Waals surface area contributed by atoms with Gasteiger partial charge in [-0.2, -0.15) is 23.0 Å². The van der Waals surface area contributed by atoms with Crippen molar-refractivity contribution in [3.8, 4) is 0 Å². The number of benzene rings is 1. The highest BCUT2D eigenvalue weighted by Gasteiger charge is 2.27. The highest BCUT2D eigenvalue weighted by atomic mass is 79.9. The molecule has 36 heavy (non-hydrogen) atoms. The lowest BCUT2D eigenvalue weighted by molar-refractivity contribution is -0.385. The smallest absolute Gasteiger partial charge is 0.279 e. The number of hydrogen-bond acceptors (Lipinski definition) is 8. The minimum Gasteiger partial charge on any atom is -0.379 e. The van der Waals surface area contributed by atoms with Crippen LogP contribution in [0, 0.1) is 17.0 Å². The summed E-state index contributed by atoms with van der Waals surface area (Å²) in [4.78, 5) is 12.7. The molecule has 11 nitrogen and oxygen atoms in total. The van der Waals surface area contributed by atoms with Crippen molar-refractivity contribution in [3.63, 3.8) is 0 Å². The molecule has 14 heteroatoms. The molecule has 0 radical (unpaired) electrons. The highest BCUT2D eigenvalue weighted by Crippen LogP contribution is 2.25. The van der Waals surface area contributed by atoms with E-state index in [-0.39, 0.29) is 29.5 Å². The second-order valence-corrected chi connectivity index (χ2v) is 10.8. The van der Waals surface area contributed by atoms with Crippen molar-refractivity contribution in [3.05, 3.63) is 68.4 Å². The molecular formula is C22H26BrClN6O5S. The van der Waals surface area contributed by atoms with E-state index in [1.807, 2.05) is 12.1 Å². The molecule has 4 rings (SSSR count). The third kappa shape index (κ3) is 6.40. The number of nitro benzene ring substituents is 1. The molecule has 1 saturated heterocycles. The van der Waals surface area contributed by atoms with Crippen LogP contribution in [0.1, 0.15) is 17.5 Å². The minimum atomic E-state index is -4.15. The lowest BCUT2D eigenvalue weighted by Crippen LogP contribution is -2.38. The third-order valence-corrected chi connectivity index (χ3v) is 8.02. The number of halogens is 2. The molecule has 2 aromatic heterocycles. The van der Waals surface area contributed by atoms with Gasteiger partial charge in [0.1, 0.15) is 0 Å². The predicted octanol–water partition coefficient (Wildman–Crippen LogP) is 3.48. The lowest BCUT2D eigenvalue weighted by Gasteiger charge is -2.27. The average Bonchev–Trinajstić information content (AvgIpc) is 3.23. The Labute approximate surface area is 223 Å². The molecule has 1 aliphatic heterocycles. The van der Waals surface area contributed by atoms with Crippen molar-refractivity contribution in [1.82, 2.24) is 18.9 Å². The summed E-state index contributed by atoms with van der Waals surface area (Å²) in [6.45, 7) is 5.28. The Bertz CT molecular complexity index is 1360. The van der Waals surface area contributed by atoms with Crippen LogP contribution in [0.3, 0.4) is 0 Å². The van der Waals surface area contributed by atoms with Gasteiger partial charge in [-0.05, 0) is 31.0 Å². The number of sulfonamides is 1. The van der Waals surface area contributed by atoms with E-state index >= 15 is 0 Å². The summed E-state index contributed by atoms with van der Waals surface area (Å²) >= 11 is 3.43. The second-order valence-electron chi connectivity index (χ2n) is 8.08. The van der Waals surface area contributed by atoms with Gasteiger partial charge in [-0.25, -0.2) is 4.52 Å². The molecule has 0 bridgehead atoms. The lowest BCUT2D eigenvalue weighted by atomic mass is 10.2. The summed E-state index contributed by atoms with van der Waals surface area (Å²) in [5.74, 6) is 0. The second kappa shape index (κ2) is 12.1. The molecule has 0 spiro atoms. The molecule has 194 valence electrons. The monoisotopic (exact) mass is 600 g/mol. The van der Waals surface area contributed by atoms with E-state index in [1.54, 1.807) is 23.8 Å². The molecule has 1 aromatic carbocycles. The van der Waals surface area contributed by atoms with Gasteiger partial charge in [0.15, 0.2) is 0 Å². The van der Waals surface area contributed by atoms with Gasteiger partial charge in [0.2, 0.25) is 0 Å². The van der Waals surface area contributed by atoms with E-state index in [0.29, 0.717) is 37.3 Å². The number of hydrogen-bond donors (Lipinski definition) is 0. The SMILES string of the molecule is Cc1ccc([N+](=O)[O-])cc1S(=O)(=O)N(CCCN1CCOCC1)/N=C\c1cnn2ccc(Br)cc12.Cl. The number of non-ortho nitro benzene ring substituents is 1. The molecule has 0 N–H and O–H groups in total. The van der Waals surface area contributed by atoms with Crippen molar-refractivity contribution in [2.24, 2.45) is 5.10 Å². The maximum absolute atomic E-state index is 13.6. The van der Waals surface area contributed by atoms with Crippen LogP contribution in [0.2, 0.25) is 0 Å². The first-order valence-electron chi connectivity index (χ1n) is 11.0. The normalized spacial score (nSPS) is 14.7. The van der Waals surface area contributed by atoms with Crippen LogP contribution in [-0.4, -0.2) is 77.9 Å². The minimum absolute atomic E-state index is 0. The Balaban J connectivity index is 0.00000361. The van der Waals surface area contributed by atoms with E-state index < -0.39 is 14.9 Å². The topological polar surface area (TPSA) is 123 Å². The Hall–Kier alpha value is -2.58. The Kier molecular flexibility index (Phi) is 9.41. The number of rotatable bonds is 9. The van der Waals surface area contributed by atoms with Crippen LogP contribution in [0.25, 0.3) is 5.52 Å². The molecule has 0 atom stereocenters. The van der Waals surface area contributed by atoms with Crippen molar-refractivity contribution in [1.29, 1.82) is 0 Å². The van der Waals surface area contributed by atoms with Crippen molar-refractivity contribution in [2.75, 3.05) is 39.4 Å². The molecule has 1 fully saturated rings. The van der Waals surface area contributed by atoms with Crippen LogP contribution < -0.4 is 0 Å². The zero-order valence-electron chi connectivity index (χ0n) is 19.5. The summed E-state index contributed by atoms with van der Waals surface area (Å²) in [6, 6.07) is 7.51. The molecule has 3 aromatic rings. The molecule has 3 heterocycles. The Morgan fingerprint density at radius 1 is 1.28 bits per heavy atom. The number of aryl methyl sites for hydroxylation is 1. The molecule has 0 unspecified atom stereocenters. The zero-order valence-corrected chi connectivity index (χ0v) is 22.7. The Morgan fingerprint density at radius 2 is 2.03 bits per heavy atom. The number of pyridine rings is 1. The number of hydrazone groups is 1. The first-order valence-corrected chi connectivity index (χ1v) is 13.2. The number of aromatic nitrogens is 2. The number of fused-ring (bicyclic) bond motifs is 1. The highest BCUT2D eigenvalue weighted by molar-refractivity contribution is 9.10. The Morgan fingerprint density at radius 3 is 2.75 bits per heavy atom. The molecule has 0 aliphatic carbocycles. The standard InChI is InChI=1S/C22H25BrN6O5S.ClH/c1-17-3-4-20(29(30)31)14-22(17)35(32,33)28(7-2-6-26-9-11-34-12-10-26)25-16-18-15-24-27-8-5-19(23)13-21(18)27;/h3-5,8,13-16H,2,6-7,9-12H2,1H3;1H/b25-16-;. The van der Waals surface area contributed by atoms with Crippen molar-refractivity contribution >= 4 is 55.8 Å². The average molecular weight is 602 g/mol. The number of nitro groups is 1. The molecule has 1 aliphatic rings. The van der Waals surface area contributed by atoms with E-state index in [9.17, 15) is 18.5 Å². The van der Waals surface area contributed by atoms with Crippen LogP contribution >= 0.6 is 28.3 Å². The van der Waals surface area contributed by atoms with E-state index in [1.165, 1.54) is 18.3 Å². The van der Waals surface area contributed by atoms with Gasteiger partial charge < -0.3 is 4.74 Å². The molecule has 0 amide bonds. The van der Waals surface area contributed by atoms with Gasteiger partial charge in [-0.3, -0.25) is 15.0 Å². The fourth-order valence-electron chi connectivity index (χ4n) is 3.79. The van der Waals surface area contributed by atoms with Gasteiger partial charge in [0, 0.05) is 48.0 Å². The van der Waals surface area contributed by atoms with Gasteiger partial charge in [0.05, 0.1) is 47.5 Å². The zero-order chi connectivity index (χ0) is 25.0. The molecular weight excluding hydrogens is 576 g/mol.